The third-order valence-corrected chi connectivity index (χ3v) is 3.56. The lowest BCUT2D eigenvalue weighted by Crippen LogP contribution is -2.40. The third-order valence-electron chi connectivity index (χ3n) is 3.56. The summed E-state index contributed by atoms with van der Waals surface area (Å²) in [5.74, 6) is 0.812. The molecule has 0 radical (unpaired) electrons. The average molecular weight is 212 g/mol. The molecule has 0 aromatic carbocycles. The predicted octanol–water partition coefficient (Wildman–Crippen LogP) is 2.54. The largest absolute Gasteiger partial charge is 0.314 e. The van der Waals surface area contributed by atoms with Crippen LogP contribution < -0.4 is 10.6 Å². The van der Waals surface area contributed by atoms with Crippen molar-refractivity contribution in [2.75, 3.05) is 13.1 Å². The van der Waals surface area contributed by atoms with Crippen molar-refractivity contribution < 1.29 is 0 Å². The van der Waals surface area contributed by atoms with Gasteiger partial charge in [0.15, 0.2) is 0 Å². The zero-order valence-corrected chi connectivity index (χ0v) is 10.7. The Hall–Kier alpha value is -0.0800. The minimum Gasteiger partial charge on any atom is -0.314 e. The van der Waals surface area contributed by atoms with Crippen LogP contribution in [0.2, 0.25) is 0 Å². The molecular weight excluding hydrogens is 184 g/mol. The molecule has 1 rings (SSSR count). The average Bonchev–Trinajstić information content (AvgIpc) is 2.27. The lowest BCUT2D eigenvalue weighted by Gasteiger charge is -2.27. The molecule has 2 heteroatoms. The Morgan fingerprint density at radius 3 is 2.73 bits per heavy atom. The number of nitrogens with one attached hydrogen (secondary N) is 2. The molecular formula is C13H28N2. The van der Waals surface area contributed by atoms with Crippen LogP contribution >= 0.6 is 0 Å². The first-order valence-electron chi connectivity index (χ1n) is 6.69. The Morgan fingerprint density at radius 1 is 1.33 bits per heavy atom. The molecule has 1 saturated heterocycles. The van der Waals surface area contributed by atoms with Gasteiger partial charge >= 0.3 is 0 Å². The number of rotatable bonds is 6. The van der Waals surface area contributed by atoms with Crippen LogP contribution in [-0.2, 0) is 0 Å². The Kier molecular flexibility index (Phi) is 6.26. The van der Waals surface area contributed by atoms with Gasteiger partial charge in [0.25, 0.3) is 0 Å². The van der Waals surface area contributed by atoms with Gasteiger partial charge in [-0.25, -0.2) is 0 Å². The molecule has 1 fully saturated rings. The molecule has 0 aromatic rings. The number of hydrogen-bond acceptors (Lipinski definition) is 2. The van der Waals surface area contributed by atoms with Gasteiger partial charge in [-0.2, -0.15) is 0 Å². The molecule has 0 aromatic heterocycles. The standard InChI is InChI=1S/C13H28N2/c1-4-11(2)10-15-12(3)9-13-7-5-6-8-14-13/h11-15H,4-10H2,1-3H3. The fourth-order valence-electron chi connectivity index (χ4n) is 2.18. The third kappa shape index (κ3) is 5.53. The molecule has 0 amide bonds. The normalized spacial score (nSPS) is 26.2. The SMILES string of the molecule is CCC(C)CNC(C)CC1CCCCN1. The number of piperidine rings is 1. The van der Waals surface area contributed by atoms with Crippen molar-refractivity contribution in [3.63, 3.8) is 0 Å². The van der Waals surface area contributed by atoms with E-state index >= 15 is 0 Å². The first-order chi connectivity index (χ1) is 7.22. The van der Waals surface area contributed by atoms with Crippen LogP contribution in [0.5, 0.6) is 0 Å². The Bertz CT molecular complexity index is 153. The van der Waals surface area contributed by atoms with Crippen LogP contribution in [0, 0.1) is 5.92 Å². The molecule has 1 aliphatic rings. The van der Waals surface area contributed by atoms with Crippen molar-refractivity contribution in [1.29, 1.82) is 0 Å². The summed E-state index contributed by atoms with van der Waals surface area (Å²) in [7, 11) is 0. The van der Waals surface area contributed by atoms with Crippen LogP contribution in [-0.4, -0.2) is 25.2 Å². The molecule has 3 atom stereocenters. The summed E-state index contributed by atoms with van der Waals surface area (Å²) in [6.45, 7) is 9.30. The summed E-state index contributed by atoms with van der Waals surface area (Å²) < 4.78 is 0. The highest BCUT2D eigenvalue weighted by atomic mass is 15.0. The topological polar surface area (TPSA) is 24.1 Å². The minimum atomic E-state index is 0.662. The molecule has 1 aliphatic heterocycles. The van der Waals surface area contributed by atoms with E-state index in [0.29, 0.717) is 6.04 Å². The summed E-state index contributed by atoms with van der Waals surface area (Å²) in [5, 5.41) is 7.25. The van der Waals surface area contributed by atoms with E-state index in [9.17, 15) is 0 Å². The zero-order valence-electron chi connectivity index (χ0n) is 10.7. The van der Waals surface area contributed by atoms with Gasteiger partial charge in [-0.1, -0.05) is 26.7 Å². The van der Waals surface area contributed by atoms with E-state index in [4.69, 9.17) is 0 Å². The maximum Gasteiger partial charge on any atom is 0.00817 e. The fourth-order valence-corrected chi connectivity index (χ4v) is 2.18. The summed E-state index contributed by atoms with van der Waals surface area (Å²) in [5.41, 5.74) is 0. The van der Waals surface area contributed by atoms with E-state index in [2.05, 4.69) is 31.4 Å². The second-order valence-electron chi connectivity index (χ2n) is 5.21. The second-order valence-corrected chi connectivity index (χ2v) is 5.21. The summed E-state index contributed by atoms with van der Waals surface area (Å²) in [6, 6.07) is 1.42. The van der Waals surface area contributed by atoms with Gasteiger partial charge in [0.05, 0.1) is 0 Å². The van der Waals surface area contributed by atoms with Crippen molar-refractivity contribution in [3.05, 3.63) is 0 Å². The van der Waals surface area contributed by atoms with E-state index in [1.54, 1.807) is 0 Å². The van der Waals surface area contributed by atoms with E-state index in [0.717, 1.165) is 12.0 Å². The zero-order chi connectivity index (χ0) is 11.1. The van der Waals surface area contributed by atoms with Crippen molar-refractivity contribution in [1.82, 2.24) is 10.6 Å². The fraction of sp³-hybridized carbons (Fsp3) is 1.00. The first-order valence-corrected chi connectivity index (χ1v) is 6.69. The van der Waals surface area contributed by atoms with Crippen LogP contribution in [0.3, 0.4) is 0 Å². The predicted molar refractivity (Wildman–Crippen MR) is 67.2 cm³/mol. The molecule has 1 heterocycles. The lowest BCUT2D eigenvalue weighted by molar-refractivity contribution is 0.336. The van der Waals surface area contributed by atoms with Crippen LogP contribution in [0.1, 0.15) is 52.9 Å². The van der Waals surface area contributed by atoms with Crippen molar-refractivity contribution in [2.24, 2.45) is 5.92 Å². The molecule has 0 bridgehead atoms. The van der Waals surface area contributed by atoms with E-state index < -0.39 is 0 Å². The molecule has 2 nitrogen and oxygen atoms in total. The Morgan fingerprint density at radius 2 is 2.13 bits per heavy atom. The second kappa shape index (κ2) is 7.24. The summed E-state index contributed by atoms with van der Waals surface area (Å²) in [4.78, 5) is 0. The molecule has 2 N–H and O–H groups in total. The van der Waals surface area contributed by atoms with Crippen molar-refractivity contribution in [2.45, 2.75) is 65.0 Å². The lowest BCUT2D eigenvalue weighted by atomic mass is 9.98. The highest BCUT2D eigenvalue weighted by molar-refractivity contribution is 4.77. The van der Waals surface area contributed by atoms with Crippen molar-refractivity contribution in [3.8, 4) is 0 Å². The minimum absolute atomic E-state index is 0.662. The van der Waals surface area contributed by atoms with E-state index in [1.807, 2.05) is 0 Å². The highest BCUT2D eigenvalue weighted by Crippen LogP contribution is 2.12. The smallest absolute Gasteiger partial charge is 0.00817 e. The van der Waals surface area contributed by atoms with E-state index in [-0.39, 0.29) is 0 Å². The summed E-state index contributed by atoms with van der Waals surface area (Å²) in [6.07, 6.45) is 6.72. The van der Waals surface area contributed by atoms with E-state index in [1.165, 1.54) is 45.2 Å². The van der Waals surface area contributed by atoms with Crippen LogP contribution in [0.4, 0.5) is 0 Å². The maximum atomic E-state index is 3.64. The quantitative estimate of drug-likeness (QED) is 0.707. The molecule has 0 saturated carbocycles. The monoisotopic (exact) mass is 212 g/mol. The molecule has 3 unspecified atom stereocenters. The molecule has 0 aliphatic carbocycles. The Balaban J connectivity index is 2.08. The van der Waals surface area contributed by atoms with Gasteiger partial charge < -0.3 is 10.6 Å². The number of hydrogen-bond donors (Lipinski definition) is 2. The van der Waals surface area contributed by atoms with Gasteiger partial charge in [0.1, 0.15) is 0 Å². The Labute approximate surface area is 95.2 Å². The molecule has 90 valence electrons. The molecule has 15 heavy (non-hydrogen) atoms. The maximum absolute atomic E-state index is 3.64. The van der Waals surface area contributed by atoms with Gasteiger partial charge in [-0.3, -0.25) is 0 Å². The van der Waals surface area contributed by atoms with Gasteiger partial charge in [-0.15, -0.1) is 0 Å². The highest BCUT2D eigenvalue weighted by Gasteiger charge is 2.15. The van der Waals surface area contributed by atoms with Crippen LogP contribution in [0.25, 0.3) is 0 Å². The van der Waals surface area contributed by atoms with Crippen molar-refractivity contribution >= 4 is 0 Å². The molecule has 0 spiro atoms. The van der Waals surface area contributed by atoms with Gasteiger partial charge in [0, 0.05) is 12.1 Å². The van der Waals surface area contributed by atoms with Gasteiger partial charge in [0.2, 0.25) is 0 Å². The summed E-state index contributed by atoms with van der Waals surface area (Å²) >= 11 is 0. The van der Waals surface area contributed by atoms with Gasteiger partial charge in [-0.05, 0) is 45.2 Å². The van der Waals surface area contributed by atoms with Crippen LogP contribution in [0.15, 0.2) is 0 Å². The first kappa shape index (κ1) is 13.0.